The molecule has 3 N–H and O–H groups in total. The third-order valence-corrected chi connectivity index (χ3v) is 4.33. The fraction of sp³-hybridized carbons (Fsp3) is 0.333. The summed E-state index contributed by atoms with van der Waals surface area (Å²) in [5.74, 6) is 0.0107. The van der Waals surface area contributed by atoms with E-state index in [2.05, 4.69) is 37.1 Å². The Morgan fingerprint density at radius 1 is 1.48 bits per heavy atom. The summed E-state index contributed by atoms with van der Waals surface area (Å²) in [7, 11) is 0. The molecule has 1 amide bonds. The maximum Gasteiger partial charge on any atom is 0.250 e. The number of halogens is 1. The van der Waals surface area contributed by atoms with E-state index in [4.69, 9.17) is 17.3 Å². The molecule has 0 aliphatic rings. The van der Waals surface area contributed by atoms with Crippen LogP contribution in [0.3, 0.4) is 0 Å². The zero-order chi connectivity index (χ0) is 15.6. The number of aromatic nitrogens is 1. The molecule has 2 aromatic heterocycles. The Hall–Kier alpha value is -1.59. The summed E-state index contributed by atoms with van der Waals surface area (Å²) < 4.78 is 0. The summed E-state index contributed by atoms with van der Waals surface area (Å²) in [6, 6.07) is 5.71. The number of primary amides is 1. The molecule has 0 saturated carbocycles. The van der Waals surface area contributed by atoms with Crippen LogP contribution in [0.4, 0.5) is 5.82 Å². The van der Waals surface area contributed by atoms with Crippen LogP contribution in [0, 0.1) is 5.41 Å². The molecule has 0 aromatic carbocycles. The lowest BCUT2D eigenvalue weighted by molar-refractivity contribution is 0.1000. The van der Waals surface area contributed by atoms with E-state index in [0.717, 1.165) is 0 Å². The molecule has 4 nitrogen and oxygen atoms in total. The van der Waals surface area contributed by atoms with Crippen molar-refractivity contribution >= 4 is 34.7 Å². The Morgan fingerprint density at radius 3 is 2.67 bits per heavy atom. The highest BCUT2D eigenvalue weighted by Crippen LogP contribution is 2.38. The zero-order valence-electron chi connectivity index (χ0n) is 12.2. The predicted molar refractivity (Wildman–Crippen MR) is 87.9 cm³/mol. The third kappa shape index (κ3) is 3.74. The molecule has 0 saturated heterocycles. The van der Waals surface area contributed by atoms with Crippen molar-refractivity contribution in [2.75, 3.05) is 5.32 Å². The SMILES string of the molecule is CC(C)(C)C(Nc1ncc(C(N)=O)cc1Cl)c1cccs1. The number of nitrogens with one attached hydrogen (secondary N) is 1. The first-order valence-electron chi connectivity index (χ1n) is 6.54. The number of nitrogens with two attached hydrogens (primary N) is 1. The van der Waals surface area contributed by atoms with Gasteiger partial charge in [0.15, 0.2) is 0 Å². The monoisotopic (exact) mass is 323 g/mol. The Balaban J connectivity index is 2.32. The second-order valence-electron chi connectivity index (χ2n) is 5.88. The van der Waals surface area contributed by atoms with Gasteiger partial charge in [0.25, 0.3) is 0 Å². The van der Waals surface area contributed by atoms with E-state index in [1.165, 1.54) is 17.1 Å². The molecule has 0 aliphatic heterocycles. The summed E-state index contributed by atoms with van der Waals surface area (Å²) in [6.07, 6.45) is 1.44. The van der Waals surface area contributed by atoms with Crippen molar-refractivity contribution in [1.29, 1.82) is 0 Å². The van der Waals surface area contributed by atoms with Crippen LogP contribution in [0.5, 0.6) is 0 Å². The van der Waals surface area contributed by atoms with E-state index in [1.54, 1.807) is 11.3 Å². The third-order valence-electron chi connectivity index (χ3n) is 3.10. The maximum atomic E-state index is 11.1. The van der Waals surface area contributed by atoms with Crippen LogP contribution in [0.15, 0.2) is 29.8 Å². The molecule has 1 atom stereocenters. The number of rotatable bonds is 4. The molecular formula is C15H18ClN3OS. The fourth-order valence-corrected chi connectivity index (χ4v) is 3.23. The first-order valence-corrected chi connectivity index (χ1v) is 7.80. The van der Waals surface area contributed by atoms with Gasteiger partial charge in [-0.05, 0) is 22.9 Å². The lowest BCUT2D eigenvalue weighted by atomic mass is 9.86. The van der Waals surface area contributed by atoms with Crippen LogP contribution in [0.25, 0.3) is 0 Å². The van der Waals surface area contributed by atoms with E-state index < -0.39 is 5.91 Å². The largest absolute Gasteiger partial charge is 0.366 e. The number of thiophene rings is 1. The molecule has 112 valence electrons. The van der Waals surface area contributed by atoms with Crippen molar-refractivity contribution in [1.82, 2.24) is 4.98 Å². The summed E-state index contributed by atoms with van der Waals surface area (Å²) in [5, 5.41) is 5.80. The number of hydrogen-bond donors (Lipinski definition) is 2. The number of hydrogen-bond acceptors (Lipinski definition) is 4. The van der Waals surface area contributed by atoms with E-state index in [1.807, 2.05) is 11.4 Å². The zero-order valence-corrected chi connectivity index (χ0v) is 13.8. The van der Waals surface area contributed by atoms with E-state index in [-0.39, 0.29) is 11.5 Å². The van der Waals surface area contributed by atoms with Crippen LogP contribution in [-0.2, 0) is 0 Å². The highest BCUT2D eigenvalue weighted by atomic mass is 35.5. The Morgan fingerprint density at radius 2 is 2.19 bits per heavy atom. The van der Waals surface area contributed by atoms with Gasteiger partial charge in [-0.1, -0.05) is 38.4 Å². The topological polar surface area (TPSA) is 68.0 Å². The van der Waals surface area contributed by atoms with Crippen molar-refractivity contribution in [2.45, 2.75) is 26.8 Å². The molecule has 0 spiro atoms. The summed E-state index contributed by atoms with van der Waals surface area (Å²) in [5.41, 5.74) is 5.51. The molecule has 2 heterocycles. The second-order valence-corrected chi connectivity index (χ2v) is 7.26. The molecule has 2 aromatic rings. The van der Waals surface area contributed by atoms with Gasteiger partial charge in [-0.25, -0.2) is 4.98 Å². The van der Waals surface area contributed by atoms with Crippen molar-refractivity contribution in [2.24, 2.45) is 11.1 Å². The Bertz CT molecular complexity index is 635. The number of pyridine rings is 1. The molecule has 21 heavy (non-hydrogen) atoms. The van der Waals surface area contributed by atoms with E-state index >= 15 is 0 Å². The van der Waals surface area contributed by atoms with Gasteiger partial charge in [0, 0.05) is 11.1 Å². The number of nitrogens with zero attached hydrogens (tertiary/aromatic N) is 1. The highest BCUT2D eigenvalue weighted by molar-refractivity contribution is 7.10. The maximum absolute atomic E-state index is 11.1. The highest BCUT2D eigenvalue weighted by Gasteiger charge is 2.28. The summed E-state index contributed by atoms with van der Waals surface area (Å²) in [6.45, 7) is 6.45. The lowest BCUT2D eigenvalue weighted by Gasteiger charge is -2.31. The van der Waals surface area contributed by atoms with Crippen molar-refractivity contribution < 1.29 is 4.79 Å². The van der Waals surface area contributed by atoms with E-state index in [9.17, 15) is 4.79 Å². The van der Waals surface area contributed by atoms with Gasteiger partial charge in [-0.3, -0.25) is 4.79 Å². The minimum atomic E-state index is -0.540. The minimum absolute atomic E-state index is 0.0157. The van der Waals surface area contributed by atoms with Crippen LogP contribution >= 0.6 is 22.9 Å². The Kier molecular flexibility index (Phi) is 4.54. The standard InChI is InChI=1S/C15H18ClN3OS/c1-15(2,3)12(11-5-4-6-21-11)19-14-10(16)7-9(8-18-14)13(17)20/h4-8,12H,1-3H3,(H2,17,20)(H,18,19). The average molecular weight is 324 g/mol. The van der Waals surface area contributed by atoms with Gasteiger partial charge in [0.05, 0.1) is 16.6 Å². The van der Waals surface area contributed by atoms with Gasteiger partial charge in [-0.2, -0.15) is 0 Å². The molecule has 0 fully saturated rings. The second kappa shape index (κ2) is 6.03. The molecule has 0 bridgehead atoms. The van der Waals surface area contributed by atoms with Gasteiger partial charge in [-0.15, -0.1) is 11.3 Å². The first kappa shape index (κ1) is 15.8. The first-order chi connectivity index (χ1) is 9.79. The van der Waals surface area contributed by atoms with Gasteiger partial charge >= 0.3 is 0 Å². The number of amides is 1. The normalized spacial score (nSPS) is 13.0. The van der Waals surface area contributed by atoms with Gasteiger partial charge in [0.2, 0.25) is 5.91 Å². The van der Waals surface area contributed by atoms with Crippen LogP contribution < -0.4 is 11.1 Å². The quantitative estimate of drug-likeness (QED) is 0.890. The van der Waals surface area contributed by atoms with Gasteiger partial charge in [0.1, 0.15) is 5.82 Å². The fourth-order valence-electron chi connectivity index (χ4n) is 1.99. The molecule has 2 rings (SSSR count). The number of carbonyl (C=O) groups excluding carboxylic acids is 1. The van der Waals surface area contributed by atoms with Crippen LogP contribution in [0.2, 0.25) is 5.02 Å². The van der Waals surface area contributed by atoms with Gasteiger partial charge < -0.3 is 11.1 Å². The summed E-state index contributed by atoms with van der Waals surface area (Å²) in [4.78, 5) is 16.6. The molecule has 0 aliphatic carbocycles. The molecule has 1 unspecified atom stereocenters. The van der Waals surface area contributed by atoms with Crippen molar-refractivity contribution in [3.8, 4) is 0 Å². The molecule has 6 heteroatoms. The predicted octanol–water partition coefficient (Wildman–Crippen LogP) is 4.09. The molecular weight excluding hydrogens is 306 g/mol. The smallest absolute Gasteiger partial charge is 0.250 e. The minimum Gasteiger partial charge on any atom is -0.366 e. The average Bonchev–Trinajstić information content (AvgIpc) is 2.89. The lowest BCUT2D eigenvalue weighted by Crippen LogP contribution is -2.25. The van der Waals surface area contributed by atoms with E-state index in [0.29, 0.717) is 16.4 Å². The number of carbonyl (C=O) groups is 1. The summed E-state index contributed by atoms with van der Waals surface area (Å²) >= 11 is 7.88. The van der Waals surface area contributed by atoms with Crippen molar-refractivity contribution in [3.05, 3.63) is 45.2 Å². The number of anilines is 1. The Labute approximate surface area is 133 Å². The van der Waals surface area contributed by atoms with Crippen LogP contribution in [-0.4, -0.2) is 10.9 Å². The van der Waals surface area contributed by atoms with Crippen molar-refractivity contribution in [3.63, 3.8) is 0 Å². The van der Waals surface area contributed by atoms with Crippen LogP contribution in [0.1, 0.15) is 42.0 Å². The molecule has 0 radical (unpaired) electrons.